The molecule has 182 valence electrons. The monoisotopic (exact) mass is 491 g/mol. The number of nitro benzene ring substituents is 1. The summed E-state index contributed by atoms with van der Waals surface area (Å²) in [7, 11) is 0. The highest BCUT2D eigenvalue weighted by atomic mass is 19.4. The zero-order valence-electron chi connectivity index (χ0n) is 17.8. The predicted molar refractivity (Wildman–Crippen MR) is 115 cm³/mol. The third-order valence-corrected chi connectivity index (χ3v) is 4.59. The van der Waals surface area contributed by atoms with Gasteiger partial charge in [-0.15, -0.1) is 0 Å². The number of aryl methyl sites for hydroxylation is 1. The molecular weight excluding hydrogens is 475 g/mol. The van der Waals surface area contributed by atoms with Crippen LogP contribution in [0.1, 0.15) is 32.0 Å². The van der Waals surface area contributed by atoms with Crippen molar-refractivity contribution in [1.29, 1.82) is 0 Å². The van der Waals surface area contributed by atoms with Gasteiger partial charge in [0.15, 0.2) is 12.4 Å². The minimum Gasteiger partial charge on any atom is -0.459 e. The average molecular weight is 491 g/mol. The van der Waals surface area contributed by atoms with E-state index in [1.165, 1.54) is 36.6 Å². The van der Waals surface area contributed by atoms with E-state index >= 15 is 0 Å². The van der Waals surface area contributed by atoms with Gasteiger partial charge in [0.2, 0.25) is 0 Å². The summed E-state index contributed by atoms with van der Waals surface area (Å²) < 4.78 is 49.5. The minimum absolute atomic E-state index is 0.0375. The number of amides is 2. The smallest absolute Gasteiger partial charge is 0.418 e. The largest absolute Gasteiger partial charge is 0.459 e. The Hall–Kier alpha value is -4.68. The molecule has 0 aliphatic heterocycles. The Morgan fingerprint density at radius 3 is 2.43 bits per heavy atom. The Labute approximate surface area is 194 Å². The molecule has 0 unspecified atom stereocenters. The summed E-state index contributed by atoms with van der Waals surface area (Å²) in [6.45, 7) is 0.734. The first-order chi connectivity index (χ1) is 16.5. The summed E-state index contributed by atoms with van der Waals surface area (Å²) in [5.41, 5.74) is -2.13. The fourth-order valence-electron chi connectivity index (χ4n) is 2.87. The highest BCUT2D eigenvalue weighted by molar-refractivity contribution is 6.03. The van der Waals surface area contributed by atoms with Crippen LogP contribution in [0.2, 0.25) is 0 Å². The van der Waals surface area contributed by atoms with Gasteiger partial charge in [-0.05, 0) is 42.8 Å². The minimum atomic E-state index is -4.98. The van der Waals surface area contributed by atoms with E-state index in [9.17, 15) is 37.7 Å². The van der Waals surface area contributed by atoms with E-state index in [1.807, 2.05) is 5.32 Å². The average Bonchev–Trinajstić information content (AvgIpc) is 3.33. The molecule has 13 heteroatoms. The van der Waals surface area contributed by atoms with Crippen LogP contribution in [0.3, 0.4) is 0 Å². The number of non-ortho nitro benzene ring substituents is 1. The number of rotatable bonds is 7. The maximum atomic E-state index is 13.2. The lowest BCUT2D eigenvalue weighted by Gasteiger charge is -2.14. The second-order valence-electron chi connectivity index (χ2n) is 7.07. The van der Waals surface area contributed by atoms with E-state index in [4.69, 9.17) is 9.15 Å². The number of nitrogens with zero attached hydrogens (tertiary/aromatic N) is 1. The van der Waals surface area contributed by atoms with Crippen molar-refractivity contribution in [1.82, 2.24) is 0 Å². The fourth-order valence-corrected chi connectivity index (χ4v) is 2.87. The Morgan fingerprint density at radius 2 is 1.80 bits per heavy atom. The number of nitrogens with one attached hydrogen (secondary N) is 2. The summed E-state index contributed by atoms with van der Waals surface area (Å²) in [4.78, 5) is 46.3. The molecule has 0 saturated carbocycles. The van der Waals surface area contributed by atoms with Gasteiger partial charge in [-0.2, -0.15) is 13.2 Å². The lowest BCUT2D eigenvalue weighted by molar-refractivity contribution is -0.385. The number of esters is 1. The van der Waals surface area contributed by atoms with Gasteiger partial charge in [0, 0.05) is 17.8 Å². The number of hydrogen-bond acceptors (Lipinski definition) is 7. The van der Waals surface area contributed by atoms with Crippen LogP contribution < -0.4 is 10.6 Å². The molecule has 0 aliphatic carbocycles. The molecule has 0 fully saturated rings. The number of carbonyl (C=O) groups excluding carboxylic acids is 3. The molecule has 0 bridgehead atoms. The van der Waals surface area contributed by atoms with E-state index in [-0.39, 0.29) is 23.1 Å². The summed E-state index contributed by atoms with van der Waals surface area (Å²) in [5, 5.41) is 15.2. The molecule has 35 heavy (non-hydrogen) atoms. The van der Waals surface area contributed by atoms with Crippen molar-refractivity contribution in [2.24, 2.45) is 0 Å². The van der Waals surface area contributed by atoms with Gasteiger partial charge < -0.3 is 19.8 Å². The highest BCUT2D eigenvalue weighted by Gasteiger charge is 2.35. The van der Waals surface area contributed by atoms with Gasteiger partial charge in [0.25, 0.3) is 17.5 Å². The fraction of sp³-hybridized carbons (Fsp3) is 0.136. The normalized spacial score (nSPS) is 11.0. The molecule has 1 aromatic heterocycles. The van der Waals surface area contributed by atoms with Crippen molar-refractivity contribution in [3.63, 3.8) is 0 Å². The molecule has 3 aromatic rings. The first-order valence-corrected chi connectivity index (χ1v) is 9.74. The lowest BCUT2D eigenvalue weighted by Crippen LogP contribution is -2.23. The Kier molecular flexibility index (Phi) is 7.18. The highest BCUT2D eigenvalue weighted by Crippen LogP contribution is 2.37. The van der Waals surface area contributed by atoms with Crippen LogP contribution in [-0.4, -0.2) is 29.3 Å². The second-order valence-corrected chi connectivity index (χ2v) is 7.07. The third kappa shape index (κ3) is 6.22. The number of furan rings is 1. The van der Waals surface area contributed by atoms with Gasteiger partial charge in [0.05, 0.1) is 28.0 Å². The molecule has 0 radical (unpaired) electrons. The van der Waals surface area contributed by atoms with Crippen LogP contribution in [0, 0.1) is 17.0 Å². The van der Waals surface area contributed by atoms with Gasteiger partial charge in [-0.1, -0.05) is 6.07 Å². The number of benzene rings is 2. The molecule has 2 amide bonds. The number of halogens is 3. The van der Waals surface area contributed by atoms with E-state index in [1.54, 1.807) is 6.92 Å². The molecular formula is C22H16F3N3O7. The molecule has 0 aliphatic rings. The number of nitro groups is 1. The third-order valence-electron chi connectivity index (χ3n) is 4.59. The summed E-state index contributed by atoms with van der Waals surface area (Å²) in [5.74, 6) is -2.60. The van der Waals surface area contributed by atoms with Crippen molar-refractivity contribution in [3.05, 3.63) is 87.4 Å². The van der Waals surface area contributed by atoms with E-state index in [2.05, 4.69) is 5.32 Å². The number of ether oxygens (including phenoxy) is 1. The zero-order chi connectivity index (χ0) is 25.8. The Bertz CT molecular complexity index is 1290. The number of carbonyl (C=O) groups is 3. The van der Waals surface area contributed by atoms with Crippen LogP contribution in [0.15, 0.2) is 59.2 Å². The van der Waals surface area contributed by atoms with E-state index < -0.39 is 52.4 Å². The van der Waals surface area contributed by atoms with E-state index in [0.717, 1.165) is 12.1 Å². The summed E-state index contributed by atoms with van der Waals surface area (Å²) >= 11 is 0. The first-order valence-electron chi connectivity index (χ1n) is 9.74. The second kappa shape index (κ2) is 10.1. The standard InChI is InChI=1S/C22H16F3N3O7/c1-12-4-5-13(9-17(12)27-20(30)18-3-2-8-34-18)21(31)35-11-19(29)26-16-7-6-14(28(32)33)10-15(16)22(23,24)25/h2-10H,11H2,1H3,(H,26,29)(H,27,30). The van der Waals surface area contributed by atoms with Crippen LogP contribution in [0.4, 0.5) is 30.2 Å². The SMILES string of the molecule is Cc1ccc(C(=O)OCC(=O)Nc2ccc([N+](=O)[O-])cc2C(F)(F)F)cc1NC(=O)c1ccco1. The topological polar surface area (TPSA) is 141 Å². The van der Waals surface area contributed by atoms with Crippen molar-refractivity contribution in [2.45, 2.75) is 13.1 Å². The maximum absolute atomic E-state index is 13.2. The number of anilines is 2. The number of hydrogen-bond donors (Lipinski definition) is 2. The number of alkyl halides is 3. The van der Waals surface area contributed by atoms with Crippen LogP contribution in [0.5, 0.6) is 0 Å². The van der Waals surface area contributed by atoms with Gasteiger partial charge in [-0.25, -0.2) is 4.79 Å². The molecule has 0 atom stereocenters. The van der Waals surface area contributed by atoms with Gasteiger partial charge in [-0.3, -0.25) is 19.7 Å². The van der Waals surface area contributed by atoms with Crippen molar-refractivity contribution in [2.75, 3.05) is 17.2 Å². The van der Waals surface area contributed by atoms with Crippen molar-refractivity contribution < 1.29 is 41.6 Å². The predicted octanol–water partition coefficient (Wildman–Crippen LogP) is 4.56. The van der Waals surface area contributed by atoms with Gasteiger partial charge in [0.1, 0.15) is 0 Å². The summed E-state index contributed by atoms with van der Waals surface area (Å²) in [6.07, 6.45) is -3.67. The van der Waals surface area contributed by atoms with Crippen molar-refractivity contribution in [3.8, 4) is 0 Å². The molecule has 0 saturated heterocycles. The molecule has 3 rings (SSSR count). The van der Waals surface area contributed by atoms with E-state index in [0.29, 0.717) is 5.56 Å². The Balaban J connectivity index is 1.66. The van der Waals surface area contributed by atoms with Crippen molar-refractivity contribution >= 4 is 34.8 Å². The maximum Gasteiger partial charge on any atom is 0.418 e. The first kappa shape index (κ1) is 25.0. The lowest BCUT2D eigenvalue weighted by atomic mass is 10.1. The summed E-state index contributed by atoms with van der Waals surface area (Å²) in [6, 6.07) is 8.96. The van der Waals surface area contributed by atoms with Gasteiger partial charge >= 0.3 is 12.1 Å². The molecule has 10 nitrogen and oxygen atoms in total. The zero-order valence-corrected chi connectivity index (χ0v) is 17.8. The Morgan fingerprint density at radius 1 is 1.06 bits per heavy atom. The molecule has 2 N–H and O–H groups in total. The van der Waals surface area contributed by atoms with Crippen LogP contribution >= 0.6 is 0 Å². The molecule has 2 aromatic carbocycles. The van der Waals surface area contributed by atoms with Crippen LogP contribution in [-0.2, 0) is 15.7 Å². The molecule has 1 heterocycles. The quantitative estimate of drug-likeness (QED) is 0.280. The molecule has 0 spiro atoms. The van der Waals surface area contributed by atoms with Crippen LogP contribution in [0.25, 0.3) is 0 Å².